The van der Waals surface area contributed by atoms with Gasteiger partial charge in [-0.15, -0.1) is 0 Å². The third-order valence-corrected chi connectivity index (χ3v) is 3.52. The second-order valence-electron chi connectivity index (χ2n) is 4.78. The van der Waals surface area contributed by atoms with Gasteiger partial charge in [0.25, 0.3) is 0 Å². The Hall–Kier alpha value is -1.27. The first kappa shape index (κ1) is 14.1. The minimum Gasteiger partial charge on any atom is -0.490 e. The molecule has 6 heteroatoms. The maximum absolute atomic E-state index is 13.4. The zero-order valence-electron chi connectivity index (χ0n) is 10.4. The van der Waals surface area contributed by atoms with Crippen molar-refractivity contribution >= 4 is 0 Å². The molecule has 0 radical (unpaired) electrons. The molecule has 0 bridgehead atoms. The molecular weight excluding hydrogens is 259 g/mol. The number of hydrogen-bond donors (Lipinski definition) is 1. The van der Waals surface area contributed by atoms with Crippen LogP contribution in [0, 0.1) is 22.9 Å². The van der Waals surface area contributed by atoms with Gasteiger partial charge in [0.1, 0.15) is 0 Å². The van der Waals surface area contributed by atoms with Gasteiger partial charge in [0.15, 0.2) is 17.4 Å². The normalized spacial score (nSPS) is 18.3. The molecule has 0 amide bonds. The number of halogens is 3. The molecular formula is C13H16F3NO2. The summed E-state index contributed by atoms with van der Waals surface area (Å²) >= 11 is 0. The quantitative estimate of drug-likeness (QED) is 0.857. The van der Waals surface area contributed by atoms with E-state index < -0.39 is 17.5 Å². The molecule has 19 heavy (non-hydrogen) atoms. The largest absolute Gasteiger partial charge is 0.490 e. The Kier molecular flexibility index (Phi) is 4.31. The van der Waals surface area contributed by atoms with Gasteiger partial charge < -0.3 is 15.2 Å². The van der Waals surface area contributed by atoms with E-state index in [0.29, 0.717) is 32.6 Å². The van der Waals surface area contributed by atoms with Crippen molar-refractivity contribution in [1.29, 1.82) is 0 Å². The molecule has 0 aliphatic carbocycles. The van der Waals surface area contributed by atoms with E-state index in [1.807, 2.05) is 0 Å². The number of hydrogen-bond acceptors (Lipinski definition) is 3. The fourth-order valence-electron chi connectivity index (χ4n) is 2.06. The van der Waals surface area contributed by atoms with Gasteiger partial charge in [-0.2, -0.15) is 4.39 Å². The molecule has 1 aliphatic rings. The summed E-state index contributed by atoms with van der Waals surface area (Å²) in [5.74, 6) is -4.35. The summed E-state index contributed by atoms with van der Waals surface area (Å²) in [6.07, 6.45) is 1.41. The average Bonchev–Trinajstić information content (AvgIpc) is 2.45. The lowest BCUT2D eigenvalue weighted by molar-refractivity contribution is -0.00578. The topological polar surface area (TPSA) is 44.5 Å². The molecule has 3 nitrogen and oxygen atoms in total. The fraction of sp³-hybridized carbons (Fsp3) is 0.538. The van der Waals surface area contributed by atoms with Crippen molar-refractivity contribution < 1.29 is 22.6 Å². The second kappa shape index (κ2) is 5.79. The van der Waals surface area contributed by atoms with Crippen LogP contribution in [0.4, 0.5) is 13.2 Å². The number of benzene rings is 1. The molecule has 0 aromatic heterocycles. The van der Waals surface area contributed by atoms with Gasteiger partial charge >= 0.3 is 0 Å². The molecule has 1 fully saturated rings. The van der Waals surface area contributed by atoms with Crippen LogP contribution in [0.3, 0.4) is 0 Å². The van der Waals surface area contributed by atoms with Gasteiger partial charge in [-0.25, -0.2) is 8.78 Å². The minimum absolute atomic E-state index is 0.162. The molecule has 0 atom stereocenters. The van der Waals surface area contributed by atoms with Gasteiger partial charge in [-0.3, -0.25) is 0 Å². The average molecular weight is 275 g/mol. The van der Waals surface area contributed by atoms with Crippen LogP contribution < -0.4 is 10.5 Å². The predicted molar refractivity (Wildman–Crippen MR) is 63.4 cm³/mol. The van der Waals surface area contributed by atoms with Crippen LogP contribution in [0.15, 0.2) is 12.1 Å². The van der Waals surface area contributed by atoms with Crippen molar-refractivity contribution in [3.05, 3.63) is 29.6 Å². The summed E-state index contributed by atoms with van der Waals surface area (Å²) in [4.78, 5) is 0. The molecule has 0 spiro atoms. The number of nitrogens with two attached hydrogens (primary N) is 1. The molecule has 1 heterocycles. The third kappa shape index (κ3) is 3.01. The van der Waals surface area contributed by atoms with E-state index >= 15 is 0 Å². The van der Waals surface area contributed by atoms with Crippen molar-refractivity contribution in [1.82, 2.24) is 0 Å². The van der Waals surface area contributed by atoms with Gasteiger partial charge in [-0.1, -0.05) is 0 Å². The highest BCUT2D eigenvalue weighted by atomic mass is 19.2. The molecule has 2 N–H and O–H groups in total. The van der Waals surface area contributed by atoms with E-state index in [0.717, 1.165) is 12.1 Å². The second-order valence-corrected chi connectivity index (χ2v) is 4.78. The molecule has 2 rings (SSSR count). The van der Waals surface area contributed by atoms with Crippen LogP contribution >= 0.6 is 0 Å². The Bertz CT molecular complexity index is 448. The lowest BCUT2D eigenvalue weighted by atomic mass is 9.81. The third-order valence-electron chi connectivity index (χ3n) is 3.52. The van der Waals surface area contributed by atoms with Crippen LogP contribution in [0.25, 0.3) is 0 Å². The number of rotatable bonds is 4. The lowest BCUT2D eigenvalue weighted by Crippen LogP contribution is -2.41. The minimum atomic E-state index is -1.52. The highest BCUT2D eigenvalue weighted by Crippen LogP contribution is 2.31. The van der Waals surface area contributed by atoms with Crippen LogP contribution in [0.2, 0.25) is 0 Å². The van der Waals surface area contributed by atoms with Gasteiger partial charge in [0.05, 0.1) is 6.61 Å². The van der Waals surface area contributed by atoms with Crippen molar-refractivity contribution in [2.45, 2.75) is 12.8 Å². The molecule has 106 valence electrons. The van der Waals surface area contributed by atoms with E-state index in [2.05, 4.69) is 0 Å². The summed E-state index contributed by atoms with van der Waals surface area (Å²) < 4.78 is 49.8. The first-order valence-corrected chi connectivity index (χ1v) is 6.12. The summed E-state index contributed by atoms with van der Waals surface area (Å²) in [7, 11) is 0. The number of ether oxygens (including phenoxy) is 2. The van der Waals surface area contributed by atoms with E-state index in [4.69, 9.17) is 15.2 Å². The monoisotopic (exact) mass is 275 g/mol. The summed E-state index contributed by atoms with van der Waals surface area (Å²) in [6.45, 7) is 1.68. The Morgan fingerprint density at radius 3 is 2.47 bits per heavy atom. The predicted octanol–water partition coefficient (Wildman–Crippen LogP) is 2.24. The molecule has 0 saturated carbocycles. The Labute approximate surface area is 109 Å². The molecule has 1 saturated heterocycles. The molecule has 1 aromatic carbocycles. The summed E-state index contributed by atoms with van der Waals surface area (Å²) in [6, 6.07) is 1.92. The Balaban J connectivity index is 2.07. The SMILES string of the molecule is NCC1(COc2ccc(F)c(F)c2F)CCOCC1. The van der Waals surface area contributed by atoms with Crippen molar-refractivity contribution in [3.63, 3.8) is 0 Å². The van der Waals surface area contributed by atoms with Crippen LogP contribution in [0.1, 0.15) is 12.8 Å². The zero-order valence-corrected chi connectivity index (χ0v) is 10.4. The Morgan fingerprint density at radius 2 is 1.84 bits per heavy atom. The van der Waals surface area contributed by atoms with E-state index in [9.17, 15) is 13.2 Å². The maximum atomic E-state index is 13.4. The standard InChI is InChI=1S/C13H16F3NO2/c14-9-1-2-10(12(16)11(9)15)19-8-13(7-17)3-5-18-6-4-13/h1-2H,3-8,17H2. The summed E-state index contributed by atoms with van der Waals surface area (Å²) in [5.41, 5.74) is 5.43. The first-order chi connectivity index (χ1) is 9.08. The molecule has 1 aromatic rings. The Morgan fingerprint density at radius 1 is 1.16 bits per heavy atom. The van der Waals surface area contributed by atoms with Crippen molar-refractivity contribution in [2.75, 3.05) is 26.4 Å². The molecule has 1 aliphatic heterocycles. The smallest absolute Gasteiger partial charge is 0.203 e. The van der Waals surface area contributed by atoms with Gasteiger partial charge in [0, 0.05) is 25.2 Å². The van der Waals surface area contributed by atoms with Crippen LogP contribution in [-0.2, 0) is 4.74 Å². The van der Waals surface area contributed by atoms with Crippen LogP contribution in [0.5, 0.6) is 5.75 Å². The zero-order chi connectivity index (χ0) is 13.9. The van der Waals surface area contributed by atoms with E-state index in [1.54, 1.807) is 0 Å². The van der Waals surface area contributed by atoms with Crippen molar-refractivity contribution in [3.8, 4) is 5.75 Å². The van der Waals surface area contributed by atoms with E-state index in [-0.39, 0.29) is 17.8 Å². The van der Waals surface area contributed by atoms with Crippen molar-refractivity contribution in [2.24, 2.45) is 11.1 Å². The van der Waals surface area contributed by atoms with Gasteiger partial charge in [0.2, 0.25) is 5.82 Å². The van der Waals surface area contributed by atoms with E-state index in [1.165, 1.54) is 0 Å². The molecule has 0 unspecified atom stereocenters. The first-order valence-electron chi connectivity index (χ1n) is 6.12. The van der Waals surface area contributed by atoms with Gasteiger partial charge in [-0.05, 0) is 25.0 Å². The highest BCUT2D eigenvalue weighted by molar-refractivity contribution is 5.26. The summed E-state index contributed by atoms with van der Waals surface area (Å²) in [5, 5.41) is 0. The lowest BCUT2D eigenvalue weighted by Gasteiger charge is -2.35. The highest BCUT2D eigenvalue weighted by Gasteiger charge is 2.32. The fourth-order valence-corrected chi connectivity index (χ4v) is 2.06. The maximum Gasteiger partial charge on any atom is 0.203 e. The van der Waals surface area contributed by atoms with Crippen LogP contribution in [-0.4, -0.2) is 26.4 Å².